The van der Waals surface area contributed by atoms with Crippen LogP contribution in [0, 0.1) is 0 Å². The first-order chi connectivity index (χ1) is 9.31. The molecule has 0 aromatic heterocycles. The van der Waals surface area contributed by atoms with Crippen LogP contribution in [0.15, 0.2) is 48.5 Å². The van der Waals surface area contributed by atoms with Gasteiger partial charge in [0.1, 0.15) is 12.0 Å². The molecule has 0 radical (unpaired) electrons. The number of hydrogen-bond donors (Lipinski definition) is 0. The molecule has 0 bridgehead atoms. The molecule has 0 unspecified atom stereocenters. The molecule has 0 fully saturated rings. The molecule has 0 saturated carbocycles. The number of rotatable bonds is 6. The van der Waals surface area contributed by atoms with Gasteiger partial charge in [0.2, 0.25) is 0 Å². The highest BCUT2D eigenvalue weighted by Gasteiger charge is 1.97. The first-order valence-corrected chi connectivity index (χ1v) is 6.57. The van der Waals surface area contributed by atoms with Crippen molar-refractivity contribution in [1.82, 2.24) is 0 Å². The Kier molecular flexibility index (Phi) is 4.73. The van der Waals surface area contributed by atoms with Crippen LogP contribution in [0.1, 0.15) is 28.4 Å². The Labute approximate surface area is 114 Å². The molecule has 0 spiro atoms. The van der Waals surface area contributed by atoms with Crippen molar-refractivity contribution >= 4 is 6.29 Å². The Bertz CT molecular complexity index is 512. The first kappa shape index (κ1) is 13.3. The fraction of sp³-hybridized carbons (Fsp3) is 0.235. The zero-order valence-corrected chi connectivity index (χ0v) is 11.1. The van der Waals surface area contributed by atoms with Gasteiger partial charge >= 0.3 is 0 Å². The van der Waals surface area contributed by atoms with Gasteiger partial charge in [-0.2, -0.15) is 0 Å². The van der Waals surface area contributed by atoms with E-state index in [2.05, 4.69) is 31.2 Å². The minimum atomic E-state index is 0.645. The topological polar surface area (TPSA) is 26.3 Å². The Morgan fingerprint density at radius 3 is 2.16 bits per heavy atom. The largest absolute Gasteiger partial charge is 0.493 e. The molecule has 0 saturated heterocycles. The normalized spacial score (nSPS) is 10.2. The second-order valence-electron chi connectivity index (χ2n) is 4.46. The van der Waals surface area contributed by atoms with E-state index >= 15 is 0 Å². The third kappa shape index (κ3) is 3.95. The van der Waals surface area contributed by atoms with Crippen LogP contribution in [0.25, 0.3) is 0 Å². The van der Waals surface area contributed by atoms with Gasteiger partial charge in [0.15, 0.2) is 0 Å². The van der Waals surface area contributed by atoms with E-state index < -0.39 is 0 Å². The molecule has 0 N–H and O–H groups in total. The molecule has 0 aliphatic rings. The fourth-order valence-electron chi connectivity index (χ4n) is 1.87. The molecule has 0 amide bonds. The van der Waals surface area contributed by atoms with Gasteiger partial charge in [0.25, 0.3) is 0 Å². The molecule has 98 valence electrons. The summed E-state index contributed by atoms with van der Waals surface area (Å²) >= 11 is 0. The molecular formula is C17H18O2. The van der Waals surface area contributed by atoms with Crippen LogP contribution < -0.4 is 4.74 Å². The SMILES string of the molecule is CCc1ccc(CCOc2ccc(C=O)cc2)cc1. The van der Waals surface area contributed by atoms with Crippen molar-refractivity contribution in [1.29, 1.82) is 0 Å². The second kappa shape index (κ2) is 6.74. The molecule has 2 aromatic rings. The number of hydrogen-bond acceptors (Lipinski definition) is 2. The van der Waals surface area contributed by atoms with Gasteiger partial charge in [-0.25, -0.2) is 0 Å². The fourth-order valence-corrected chi connectivity index (χ4v) is 1.87. The lowest BCUT2D eigenvalue weighted by Crippen LogP contribution is -2.01. The van der Waals surface area contributed by atoms with Crippen LogP contribution in [0.5, 0.6) is 5.75 Å². The van der Waals surface area contributed by atoms with Crippen molar-refractivity contribution in [3.05, 3.63) is 65.2 Å². The predicted octanol–water partition coefficient (Wildman–Crippen LogP) is 3.68. The second-order valence-corrected chi connectivity index (χ2v) is 4.46. The molecule has 0 atom stereocenters. The van der Waals surface area contributed by atoms with Crippen molar-refractivity contribution in [2.24, 2.45) is 0 Å². The Hall–Kier alpha value is -2.09. The maximum Gasteiger partial charge on any atom is 0.150 e. The maximum absolute atomic E-state index is 10.5. The smallest absolute Gasteiger partial charge is 0.150 e. The molecule has 0 heterocycles. The highest BCUT2D eigenvalue weighted by atomic mass is 16.5. The van der Waals surface area contributed by atoms with E-state index in [4.69, 9.17) is 4.74 Å². The Balaban J connectivity index is 1.83. The highest BCUT2D eigenvalue weighted by molar-refractivity contribution is 5.74. The van der Waals surface area contributed by atoms with E-state index in [1.54, 1.807) is 12.1 Å². The maximum atomic E-state index is 10.5. The minimum absolute atomic E-state index is 0.645. The Morgan fingerprint density at radius 2 is 1.58 bits per heavy atom. The lowest BCUT2D eigenvalue weighted by molar-refractivity contribution is 0.112. The number of ether oxygens (including phenoxy) is 1. The lowest BCUT2D eigenvalue weighted by Gasteiger charge is -2.07. The van der Waals surface area contributed by atoms with Gasteiger partial charge in [-0.15, -0.1) is 0 Å². The van der Waals surface area contributed by atoms with Crippen LogP contribution >= 0.6 is 0 Å². The van der Waals surface area contributed by atoms with E-state index in [1.165, 1.54) is 11.1 Å². The lowest BCUT2D eigenvalue weighted by atomic mass is 10.1. The average molecular weight is 254 g/mol. The molecule has 19 heavy (non-hydrogen) atoms. The summed E-state index contributed by atoms with van der Waals surface area (Å²) in [6, 6.07) is 15.8. The van der Waals surface area contributed by atoms with Crippen LogP contribution in [0.4, 0.5) is 0 Å². The third-order valence-electron chi connectivity index (χ3n) is 3.11. The number of carbonyl (C=O) groups is 1. The van der Waals surface area contributed by atoms with E-state index in [-0.39, 0.29) is 0 Å². The molecular weight excluding hydrogens is 236 g/mol. The first-order valence-electron chi connectivity index (χ1n) is 6.57. The molecule has 2 heteroatoms. The summed E-state index contributed by atoms with van der Waals surface area (Å²) < 4.78 is 5.65. The summed E-state index contributed by atoms with van der Waals surface area (Å²) in [6.07, 6.45) is 2.79. The highest BCUT2D eigenvalue weighted by Crippen LogP contribution is 2.12. The van der Waals surface area contributed by atoms with Crippen LogP contribution in [0.3, 0.4) is 0 Å². The minimum Gasteiger partial charge on any atom is -0.493 e. The summed E-state index contributed by atoms with van der Waals surface area (Å²) in [5, 5.41) is 0. The van der Waals surface area contributed by atoms with Gasteiger partial charge in [0.05, 0.1) is 6.61 Å². The third-order valence-corrected chi connectivity index (χ3v) is 3.11. The van der Waals surface area contributed by atoms with Gasteiger partial charge in [-0.05, 0) is 41.8 Å². The number of aldehydes is 1. The van der Waals surface area contributed by atoms with E-state index in [0.717, 1.165) is 24.9 Å². The van der Waals surface area contributed by atoms with Crippen molar-refractivity contribution in [3.8, 4) is 5.75 Å². The Morgan fingerprint density at radius 1 is 0.947 bits per heavy atom. The van der Waals surface area contributed by atoms with E-state index in [0.29, 0.717) is 12.2 Å². The van der Waals surface area contributed by atoms with Crippen molar-refractivity contribution in [3.63, 3.8) is 0 Å². The molecule has 0 aliphatic carbocycles. The number of benzene rings is 2. The van der Waals surface area contributed by atoms with Gasteiger partial charge in [-0.3, -0.25) is 4.79 Å². The van der Waals surface area contributed by atoms with Gasteiger partial charge in [-0.1, -0.05) is 31.2 Å². The van der Waals surface area contributed by atoms with Crippen molar-refractivity contribution in [2.75, 3.05) is 6.61 Å². The summed E-state index contributed by atoms with van der Waals surface area (Å²) in [5.41, 5.74) is 3.30. The summed E-state index contributed by atoms with van der Waals surface area (Å²) in [5.74, 6) is 0.802. The predicted molar refractivity (Wildman–Crippen MR) is 76.8 cm³/mol. The van der Waals surface area contributed by atoms with Crippen molar-refractivity contribution in [2.45, 2.75) is 19.8 Å². The summed E-state index contributed by atoms with van der Waals surface area (Å²) in [4.78, 5) is 10.5. The number of carbonyl (C=O) groups excluding carboxylic acids is 1. The monoisotopic (exact) mass is 254 g/mol. The van der Waals surface area contributed by atoms with Crippen LogP contribution in [-0.2, 0) is 12.8 Å². The van der Waals surface area contributed by atoms with E-state index in [1.807, 2.05) is 12.1 Å². The zero-order chi connectivity index (χ0) is 13.5. The summed E-state index contributed by atoms with van der Waals surface area (Å²) in [7, 11) is 0. The molecule has 0 aliphatic heterocycles. The van der Waals surface area contributed by atoms with E-state index in [9.17, 15) is 4.79 Å². The van der Waals surface area contributed by atoms with Crippen LogP contribution in [0.2, 0.25) is 0 Å². The average Bonchev–Trinajstić information content (AvgIpc) is 2.49. The quantitative estimate of drug-likeness (QED) is 0.735. The van der Waals surface area contributed by atoms with Crippen LogP contribution in [-0.4, -0.2) is 12.9 Å². The van der Waals surface area contributed by atoms with Crippen molar-refractivity contribution < 1.29 is 9.53 Å². The zero-order valence-electron chi connectivity index (χ0n) is 11.1. The number of aryl methyl sites for hydroxylation is 1. The molecule has 2 nitrogen and oxygen atoms in total. The standard InChI is InChI=1S/C17H18O2/c1-2-14-3-5-15(6-4-14)11-12-19-17-9-7-16(13-18)8-10-17/h3-10,13H,2,11-12H2,1H3. The van der Waals surface area contributed by atoms with Gasteiger partial charge in [0, 0.05) is 12.0 Å². The van der Waals surface area contributed by atoms with Gasteiger partial charge < -0.3 is 4.74 Å². The molecule has 2 rings (SSSR count). The summed E-state index contributed by atoms with van der Waals surface area (Å²) in [6.45, 7) is 2.80. The molecule has 2 aromatic carbocycles.